The fraction of sp³-hybridized carbons (Fsp3) is 0.500. The van der Waals surface area contributed by atoms with Crippen LogP contribution in [0.15, 0.2) is 24.3 Å². The Morgan fingerprint density at radius 2 is 1.93 bits per heavy atom. The van der Waals surface area contributed by atoms with E-state index in [-0.39, 0.29) is 25.5 Å². The summed E-state index contributed by atoms with van der Waals surface area (Å²) in [6, 6.07) is 6.95. The van der Waals surface area contributed by atoms with Crippen molar-refractivity contribution in [3.8, 4) is 0 Å². The highest BCUT2D eigenvalue weighted by molar-refractivity contribution is 6.00. The largest absolute Gasteiger partial charge is 0.478 e. The molecule has 0 bridgehead atoms. The van der Waals surface area contributed by atoms with Gasteiger partial charge in [-0.15, -0.1) is 0 Å². The summed E-state index contributed by atoms with van der Waals surface area (Å²) < 4.78 is 15.4. The maximum atomic E-state index is 12.9. The Hall–Kier alpha value is -2.98. The minimum atomic E-state index is -1.73. The average molecular weight is 420 g/mol. The van der Waals surface area contributed by atoms with Crippen LogP contribution in [0, 0.1) is 0 Å². The lowest BCUT2D eigenvalue weighted by atomic mass is 10.1. The number of anilines is 1. The van der Waals surface area contributed by atoms with Crippen molar-refractivity contribution in [2.24, 2.45) is 0 Å². The summed E-state index contributed by atoms with van der Waals surface area (Å²) in [4.78, 5) is 51.2. The Bertz CT molecular complexity index is 821. The van der Waals surface area contributed by atoms with Crippen molar-refractivity contribution in [2.45, 2.75) is 25.6 Å². The van der Waals surface area contributed by atoms with Crippen molar-refractivity contribution in [1.29, 1.82) is 0 Å². The molecule has 0 saturated carbocycles. The van der Waals surface area contributed by atoms with Gasteiger partial charge in [-0.05, 0) is 17.7 Å². The zero-order valence-corrected chi connectivity index (χ0v) is 16.6. The van der Waals surface area contributed by atoms with Crippen molar-refractivity contribution in [1.82, 2.24) is 4.90 Å². The lowest BCUT2D eigenvalue weighted by molar-refractivity contribution is -0.177. The van der Waals surface area contributed by atoms with Gasteiger partial charge in [0.05, 0.1) is 26.2 Å². The van der Waals surface area contributed by atoms with Gasteiger partial charge < -0.3 is 29.1 Å². The molecule has 0 radical (unpaired) electrons. The van der Waals surface area contributed by atoms with Crippen LogP contribution >= 0.6 is 0 Å². The molecule has 0 aliphatic carbocycles. The van der Waals surface area contributed by atoms with E-state index in [2.05, 4.69) is 0 Å². The van der Waals surface area contributed by atoms with Crippen LogP contribution in [0.2, 0.25) is 0 Å². The molecule has 2 fully saturated rings. The first-order valence-corrected chi connectivity index (χ1v) is 9.64. The number of carboxylic acids is 1. The lowest BCUT2D eigenvalue weighted by Gasteiger charge is -2.34. The average Bonchev–Trinajstić information content (AvgIpc) is 2.73. The number of esters is 1. The zero-order chi connectivity index (χ0) is 21.7. The number of rotatable bonds is 6. The number of aliphatic carboxylic acids is 1. The SMILES string of the molecule is CC(=O)OC(C(=O)O)C1OCCN(c2cccc(CC(=O)N3CCOCC3)c2)C1=O. The van der Waals surface area contributed by atoms with E-state index in [0.717, 1.165) is 12.5 Å². The number of carbonyl (C=O) groups is 4. The predicted molar refractivity (Wildman–Crippen MR) is 103 cm³/mol. The summed E-state index contributed by atoms with van der Waals surface area (Å²) in [6.07, 6.45) is -3.00. The molecule has 2 aliphatic heterocycles. The lowest BCUT2D eigenvalue weighted by Crippen LogP contribution is -2.55. The second-order valence-corrected chi connectivity index (χ2v) is 6.99. The monoisotopic (exact) mass is 420 g/mol. The molecule has 2 unspecified atom stereocenters. The molecule has 2 aliphatic rings. The molecule has 2 atom stereocenters. The number of carbonyl (C=O) groups excluding carboxylic acids is 3. The van der Waals surface area contributed by atoms with Gasteiger partial charge in [0, 0.05) is 32.2 Å². The Balaban J connectivity index is 1.74. The number of nitrogens with zero attached hydrogens (tertiary/aromatic N) is 2. The normalized spacial score (nSPS) is 20.6. The van der Waals surface area contributed by atoms with Crippen molar-refractivity contribution in [3.05, 3.63) is 29.8 Å². The molecule has 2 saturated heterocycles. The number of amides is 2. The predicted octanol–water partition coefficient (Wildman–Crippen LogP) is -0.164. The quantitative estimate of drug-likeness (QED) is 0.630. The molecular weight excluding hydrogens is 396 g/mol. The highest BCUT2D eigenvalue weighted by Crippen LogP contribution is 2.23. The summed E-state index contributed by atoms with van der Waals surface area (Å²) in [5, 5.41) is 9.34. The van der Waals surface area contributed by atoms with Gasteiger partial charge in [0.15, 0.2) is 6.10 Å². The summed E-state index contributed by atoms with van der Waals surface area (Å²) in [5.41, 5.74) is 1.25. The third-order valence-electron chi connectivity index (χ3n) is 4.87. The van der Waals surface area contributed by atoms with Gasteiger partial charge >= 0.3 is 11.9 Å². The fourth-order valence-electron chi connectivity index (χ4n) is 3.43. The Labute approximate surface area is 173 Å². The van der Waals surface area contributed by atoms with Crippen molar-refractivity contribution >= 4 is 29.4 Å². The minimum absolute atomic E-state index is 0.0255. The maximum Gasteiger partial charge on any atom is 0.348 e. The van der Waals surface area contributed by atoms with Gasteiger partial charge in [-0.1, -0.05) is 12.1 Å². The van der Waals surface area contributed by atoms with E-state index < -0.39 is 30.1 Å². The number of morpholine rings is 2. The molecule has 0 aromatic heterocycles. The summed E-state index contributed by atoms with van der Waals surface area (Å²) >= 11 is 0. The van der Waals surface area contributed by atoms with Gasteiger partial charge in [-0.3, -0.25) is 14.4 Å². The molecule has 2 amide bonds. The molecule has 30 heavy (non-hydrogen) atoms. The van der Waals surface area contributed by atoms with Gasteiger partial charge in [0.25, 0.3) is 5.91 Å². The van der Waals surface area contributed by atoms with Gasteiger partial charge in [0.2, 0.25) is 12.0 Å². The molecule has 3 rings (SSSR count). The van der Waals surface area contributed by atoms with Crippen LogP contribution < -0.4 is 4.90 Å². The van der Waals surface area contributed by atoms with E-state index in [1.807, 2.05) is 0 Å². The van der Waals surface area contributed by atoms with E-state index in [4.69, 9.17) is 14.2 Å². The molecule has 162 valence electrons. The van der Waals surface area contributed by atoms with Crippen molar-refractivity contribution in [3.63, 3.8) is 0 Å². The van der Waals surface area contributed by atoms with E-state index in [1.54, 1.807) is 29.2 Å². The van der Waals surface area contributed by atoms with Crippen LogP contribution in [0.4, 0.5) is 5.69 Å². The number of ether oxygens (including phenoxy) is 3. The number of carboxylic acid groups (broad SMARTS) is 1. The van der Waals surface area contributed by atoms with E-state index in [9.17, 15) is 24.3 Å². The van der Waals surface area contributed by atoms with Crippen LogP contribution in [0.5, 0.6) is 0 Å². The minimum Gasteiger partial charge on any atom is -0.478 e. The maximum absolute atomic E-state index is 12.9. The summed E-state index contributed by atoms with van der Waals surface area (Å²) in [5.74, 6) is -2.93. The van der Waals surface area contributed by atoms with E-state index >= 15 is 0 Å². The second-order valence-electron chi connectivity index (χ2n) is 6.99. The topological polar surface area (TPSA) is 123 Å². The molecule has 2 heterocycles. The summed E-state index contributed by atoms with van der Waals surface area (Å²) in [6.45, 7) is 3.49. The smallest absolute Gasteiger partial charge is 0.348 e. The van der Waals surface area contributed by atoms with Crippen molar-refractivity contribution < 1.29 is 38.5 Å². The van der Waals surface area contributed by atoms with E-state index in [0.29, 0.717) is 32.0 Å². The fourth-order valence-corrected chi connectivity index (χ4v) is 3.43. The third kappa shape index (κ3) is 5.14. The Morgan fingerprint density at radius 3 is 2.60 bits per heavy atom. The van der Waals surface area contributed by atoms with E-state index in [1.165, 1.54) is 4.90 Å². The first kappa shape index (κ1) is 21.7. The number of hydrogen-bond acceptors (Lipinski definition) is 7. The van der Waals surface area contributed by atoms with Gasteiger partial charge in [0.1, 0.15) is 0 Å². The standard InChI is InChI=1S/C20H24N2O8/c1-13(23)30-18(20(26)27)17-19(25)22(7-10-29-17)15-4-2-3-14(11-15)12-16(24)21-5-8-28-9-6-21/h2-4,11,17-18H,5-10,12H2,1H3,(H,26,27). The Morgan fingerprint density at radius 1 is 1.20 bits per heavy atom. The first-order valence-electron chi connectivity index (χ1n) is 9.64. The molecule has 1 aromatic rings. The van der Waals surface area contributed by atoms with Crippen LogP contribution in [0.1, 0.15) is 12.5 Å². The molecule has 1 N–H and O–H groups in total. The first-order chi connectivity index (χ1) is 14.4. The molecule has 10 heteroatoms. The highest BCUT2D eigenvalue weighted by Gasteiger charge is 2.42. The molecule has 10 nitrogen and oxygen atoms in total. The zero-order valence-electron chi connectivity index (χ0n) is 16.6. The van der Waals surface area contributed by atoms with Crippen LogP contribution in [0.25, 0.3) is 0 Å². The highest BCUT2D eigenvalue weighted by atomic mass is 16.6. The number of hydrogen-bond donors (Lipinski definition) is 1. The van der Waals surface area contributed by atoms with Gasteiger partial charge in [-0.25, -0.2) is 4.79 Å². The second kappa shape index (κ2) is 9.68. The van der Waals surface area contributed by atoms with Crippen molar-refractivity contribution in [2.75, 3.05) is 44.4 Å². The molecular formula is C20H24N2O8. The summed E-state index contributed by atoms with van der Waals surface area (Å²) in [7, 11) is 0. The van der Waals surface area contributed by atoms with Gasteiger partial charge in [-0.2, -0.15) is 0 Å². The molecule has 1 aromatic carbocycles. The van der Waals surface area contributed by atoms with Crippen LogP contribution in [0.3, 0.4) is 0 Å². The molecule has 0 spiro atoms. The Kier molecular flexibility index (Phi) is 7.01. The van der Waals surface area contributed by atoms with Crippen LogP contribution in [-0.2, 0) is 39.8 Å². The number of benzene rings is 1. The third-order valence-corrected chi connectivity index (χ3v) is 4.87. The van der Waals surface area contributed by atoms with Crippen LogP contribution in [-0.4, -0.2) is 85.4 Å².